The number of aromatic nitrogens is 1. The molecule has 1 aliphatic carbocycles. The first-order valence-corrected chi connectivity index (χ1v) is 10.1. The van der Waals surface area contributed by atoms with Crippen LogP contribution in [0.15, 0.2) is 48.5 Å². The van der Waals surface area contributed by atoms with Gasteiger partial charge in [-0.1, -0.05) is 37.3 Å². The molecule has 2 atom stereocenters. The molecule has 0 saturated carbocycles. The fourth-order valence-corrected chi connectivity index (χ4v) is 4.16. The molecule has 0 fully saturated rings. The molecular formula is C24H27NO3. The molecule has 4 nitrogen and oxygen atoms in total. The van der Waals surface area contributed by atoms with Gasteiger partial charge in [0, 0.05) is 16.6 Å². The maximum Gasteiger partial charge on any atom is 0.308 e. The van der Waals surface area contributed by atoms with Gasteiger partial charge in [0.05, 0.1) is 12.5 Å². The molecule has 2 unspecified atom stereocenters. The van der Waals surface area contributed by atoms with E-state index in [1.54, 1.807) is 0 Å². The van der Waals surface area contributed by atoms with E-state index in [-0.39, 0.29) is 11.9 Å². The van der Waals surface area contributed by atoms with Crippen LogP contribution < -0.4 is 4.74 Å². The first-order valence-electron chi connectivity index (χ1n) is 10.1. The molecule has 1 aliphatic rings. The highest BCUT2D eigenvalue weighted by Crippen LogP contribution is 2.36. The van der Waals surface area contributed by atoms with Crippen LogP contribution in [0.4, 0.5) is 0 Å². The van der Waals surface area contributed by atoms with Crippen molar-refractivity contribution < 1.29 is 14.3 Å². The van der Waals surface area contributed by atoms with Gasteiger partial charge in [-0.3, -0.25) is 4.79 Å². The number of benzene rings is 2. The van der Waals surface area contributed by atoms with Crippen molar-refractivity contribution in [2.75, 3.05) is 6.61 Å². The predicted octanol–water partition coefficient (Wildman–Crippen LogP) is 5.05. The lowest BCUT2D eigenvalue weighted by atomic mass is 9.79. The van der Waals surface area contributed by atoms with E-state index in [9.17, 15) is 4.79 Å². The summed E-state index contributed by atoms with van der Waals surface area (Å²) in [6.07, 6.45) is 2.88. The Balaban J connectivity index is 1.50. The molecule has 1 N–H and O–H groups in total. The number of esters is 1. The summed E-state index contributed by atoms with van der Waals surface area (Å²) in [5.41, 5.74) is 4.92. The second-order valence-corrected chi connectivity index (χ2v) is 7.61. The monoisotopic (exact) mass is 377 g/mol. The summed E-state index contributed by atoms with van der Waals surface area (Å²) in [6.45, 7) is 4.86. The Morgan fingerprint density at radius 1 is 1.21 bits per heavy atom. The number of hydrogen-bond donors (Lipinski definition) is 1. The normalized spacial score (nSPS) is 17.1. The average Bonchev–Trinajstić information content (AvgIpc) is 3.09. The summed E-state index contributed by atoms with van der Waals surface area (Å²) in [5, 5.41) is 1.24. The molecule has 0 saturated heterocycles. The smallest absolute Gasteiger partial charge is 0.308 e. The van der Waals surface area contributed by atoms with Gasteiger partial charge in [-0.15, -0.1) is 0 Å². The number of hydrogen-bond acceptors (Lipinski definition) is 3. The molecule has 146 valence electrons. The molecular weight excluding hydrogens is 350 g/mol. The molecule has 2 aromatic carbocycles. The SMILES string of the molecule is CCOC(=O)C(C)C1CCc2c([nH]c3ccc(OCc4ccccc4)cc23)C1. The van der Waals surface area contributed by atoms with Crippen LogP contribution in [0.3, 0.4) is 0 Å². The highest BCUT2D eigenvalue weighted by molar-refractivity contribution is 5.86. The highest BCUT2D eigenvalue weighted by Gasteiger charge is 2.30. The van der Waals surface area contributed by atoms with Gasteiger partial charge in [-0.25, -0.2) is 0 Å². The lowest BCUT2D eigenvalue weighted by molar-refractivity contribution is -0.149. The van der Waals surface area contributed by atoms with E-state index in [4.69, 9.17) is 9.47 Å². The van der Waals surface area contributed by atoms with Crippen molar-refractivity contribution in [3.63, 3.8) is 0 Å². The molecule has 4 heteroatoms. The predicted molar refractivity (Wildman–Crippen MR) is 110 cm³/mol. The number of aryl methyl sites for hydroxylation is 1. The van der Waals surface area contributed by atoms with Gasteiger partial charge in [0.15, 0.2) is 0 Å². The third-order valence-electron chi connectivity index (χ3n) is 5.81. The molecule has 1 heterocycles. The third kappa shape index (κ3) is 3.77. The fourth-order valence-electron chi connectivity index (χ4n) is 4.16. The molecule has 4 rings (SSSR count). The maximum atomic E-state index is 12.1. The minimum Gasteiger partial charge on any atom is -0.489 e. The number of carbonyl (C=O) groups excluding carboxylic acids is 1. The molecule has 0 aliphatic heterocycles. The van der Waals surface area contributed by atoms with Gasteiger partial charge in [0.2, 0.25) is 0 Å². The lowest BCUT2D eigenvalue weighted by Crippen LogP contribution is -2.28. The zero-order valence-electron chi connectivity index (χ0n) is 16.5. The standard InChI is InChI=1S/C24H27NO3/c1-3-27-24(26)16(2)18-9-11-20-21-14-19(10-12-22(21)25-23(20)13-18)28-15-17-7-5-4-6-8-17/h4-8,10,12,14,16,18,25H,3,9,11,13,15H2,1-2H3. The van der Waals surface area contributed by atoms with E-state index in [0.29, 0.717) is 19.1 Å². The van der Waals surface area contributed by atoms with E-state index in [1.807, 2.05) is 38.1 Å². The third-order valence-corrected chi connectivity index (χ3v) is 5.81. The van der Waals surface area contributed by atoms with Crippen molar-refractivity contribution in [3.8, 4) is 5.75 Å². The van der Waals surface area contributed by atoms with Crippen LogP contribution in [0.5, 0.6) is 5.75 Å². The lowest BCUT2D eigenvalue weighted by Gasteiger charge is -2.26. The van der Waals surface area contributed by atoms with Gasteiger partial charge in [0.1, 0.15) is 12.4 Å². The molecule has 1 aromatic heterocycles. The average molecular weight is 377 g/mol. The van der Waals surface area contributed by atoms with Crippen LogP contribution in [-0.4, -0.2) is 17.6 Å². The number of ether oxygens (including phenoxy) is 2. The Hall–Kier alpha value is -2.75. The quantitative estimate of drug-likeness (QED) is 0.612. The van der Waals surface area contributed by atoms with Crippen molar-refractivity contribution in [2.45, 2.75) is 39.7 Å². The molecule has 28 heavy (non-hydrogen) atoms. The number of H-pyrrole nitrogens is 1. The molecule has 0 amide bonds. The summed E-state index contributed by atoms with van der Waals surface area (Å²) in [6, 6.07) is 16.5. The van der Waals surface area contributed by atoms with Gasteiger partial charge < -0.3 is 14.5 Å². The Kier molecular flexibility index (Phi) is 5.38. The van der Waals surface area contributed by atoms with Crippen LogP contribution in [-0.2, 0) is 29.0 Å². The van der Waals surface area contributed by atoms with E-state index in [1.165, 1.54) is 16.6 Å². The van der Waals surface area contributed by atoms with Crippen LogP contribution in [0.25, 0.3) is 10.9 Å². The van der Waals surface area contributed by atoms with E-state index in [2.05, 4.69) is 29.2 Å². The van der Waals surface area contributed by atoms with Crippen molar-refractivity contribution in [3.05, 3.63) is 65.4 Å². The van der Waals surface area contributed by atoms with Crippen LogP contribution >= 0.6 is 0 Å². The second kappa shape index (κ2) is 8.09. The minimum absolute atomic E-state index is 0.0655. The summed E-state index contributed by atoms with van der Waals surface area (Å²) in [5.74, 6) is 1.07. The highest BCUT2D eigenvalue weighted by atomic mass is 16.5. The Bertz CT molecular complexity index is 961. The van der Waals surface area contributed by atoms with Gasteiger partial charge >= 0.3 is 5.97 Å². The Labute approximate surface area is 165 Å². The fraction of sp³-hybridized carbons (Fsp3) is 0.375. The number of carbonyl (C=O) groups is 1. The topological polar surface area (TPSA) is 51.3 Å². The largest absolute Gasteiger partial charge is 0.489 e. The van der Waals surface area contributed by atoms with E-state index >= 15 is 0 Å². The Morgan fingerprint density at radius 2 is 2.04 bits per heavy atom. The number of fused-ring (bicyclic) bond motifs is 3. The minimum atomic E-state index is -0.0799. The summed E-state index contributed by atoms with van der Waals surface area (Å²) in [7, 11) is 0. The van der Waals surface area contributed by atoms with Gasteiger partial charge in [0.25, 0.3) is 0 Å². The molecule has 0 spiro atoms. The Morgan fingerprint density at radius 3 is 2.82 bits per heavy atom. The first kappa shape index (κ1) is 18.6. The maximum absolute atomic E-state index is 12.1. The molecule has 3 aromatic rings. The zero-order valence-corrected chi connectivity index (χ0v) is 16.5. The van der Waals surface area contributed by atoms with Crippen molar-refractivity contribution >= 4 is 16.9 Å². The number of nitrogens with one attached hydrogen (secondary N) is 1. The number of rotatable bonds is 6. The van der Waals surface area contributed by atoms with Gasteiger partial charge in [-0.2, -0.15) is 0 Å². The summed E-state index contributed by atoms with van der Waals surface area (Å²) < 4.78 is 11.2. The van der Waals surface area contributed by atoms with Crippen molar-refractivity contribution in [1.82, 2.24) is 4.98 Å². The summed E-state index contributed by atoms with van der Waals surface area (Å²) >= 11 is 0. The molecule has 0 radical (unpaired) electrons. The van der Waals surface area contributed by atoms with Crippen molar-refractivity contribution in [1.29, 1.82) is 0 Å². The van der Waals surface area contributed by atoms with E-state index in [0.717, 1.165) is 36.1 Å². The van der Waals surface area contributed by atoms with Crippen LogP contribution in [0.2, 0.25) is 0 Å². The summed E-state index contributed by atoms with van der Waals surface area (Å²) in [4.78, 5) is 15.7. The van der Waals surface area contributed by atoms with Crippen LogP contribution in [0, 0.1) is 11.8 Å². The van der Waals surface area contributed by atoms with Gasteiger partial charge in [-0.05, 0) is 61.4 Å². The van der Waals surface area contributed by atoms with Crippen LogP contribution in [0.1, 0.15) is 37.1 Å². The second-order valence-electron chi connectivity index (χ2n) is 7.61. The molecule has 0 bridgehead atoms. The van der Waals surface area contributed by atoms with Crippen molar-refractivity contribution in [2.24, 2.45) is 11.8 Å². The number of aromatic amines is 1. The van der Waals surface area contributed by atoms with E-state index < -0.39 is 0 Å². The zero-order chi connectivity index (χ0) is 19.5. The first-order chi connectivity index (χ1) is 13.7.